The quantitative estimate of drug-likeness (QED) is 0.387. The molecule has 2 aliphatic rings. The predicted molar refractivity (Wildman–Crippen MR) is 75.5 cm³/mol. The monoisotopic (exact) mass is 279 g/mol. The van der Waals surface area contributed by atoms with Crippen molar-refractivity contribution in [1.29, 1.82) is 0 Å². The number of benzene rings is 1. The number of oxime groups is 1. The normalized spacial score (nSPS) is 27.1. The van der Waals surface area contributed by atoms with Gasteiger partial charge in [-0.1, -0.05) is 28.9 Å². The zero-order chi connectivity index (χ0) is 13.4. The van der Waals surface area contributed by atoms with Crippen molar-refractivity contribution in [2.45, 2.75) is 31.8 Å². The van der Waals surface area contributed by atoms with Crippen LogP contribution in [0.4, 0.5) is 0 Å². The van der Waals surface area contributed by atoms with Crippen LogP contribution in [0.25, 0.3) is 0 Å². The molecule has 4 nitrogen and oxygen atoms in total. The maximum atomic E-state index is 8.66. The van der Waals surface area contributed by atoms with E-state index < -0.39 is 0 Å². The van der Waals surface area contributed by atoms with Gasteiger partial charge in [-0.15, -0.1) is 0 Å². The average molecular weight is 280 g/mol. The van der Waals surface area contributed by atoms with Crippen molar-refractivity contribution in [3.05, 3.63) is 34.3 Å². The van der Waals surface area contributed by atoms with Crippen LogP contribution >= 0.6 is 11.6 Å². The van der Waals surface area contributed by atoms with Gasteiger partial charge >= 0.3 is 0 Å². The maximum absolute atomic E-state index is 8.66. The van der Waals surface area contributed by atoms with E-state index in [2.05, 4.69) is 10.1 Å². The van der Waals surface area contributed by atoms with E-state index in [1.165, 1.54) is 25.8 Å². The Balaban J connectivity index is 1.75. The Bertz CT molecular complexity index is 517. The Labute approximate surface area is 117 Å². The van der Waals surface area contributed by atoms with Gasteiger partial charge in [0.25, 0.3) is 0 Å². The number of likely N-dealkylation sites (tertiary alicyclic amines) is 1. The Morgan fingerprint density at radius 3 is 2.89 bits per heavy atom. The van der Waals surface area contributed by atoms with Crippen molar-refractivity contribution in [2.75, 3.05) is 6.54 Å². The minimum absolute atomic E-state index is 0.0914. The molecule has 2 unspecified atom stereocenters. The second-order valence-corrected chi connectivity index (χ2v) is 5.96. The van der Waals surface area contributed by atoms with Crippen molar-refractivity contribution in [3.8, 4) is 0 Å². The van der Waals surface area contributed by atoms with Crippen LogP contribution in [0.15, 0.2) is 23.4 Å². The van der Waals surface area contributed by atoms with Gasteiger partial charge in [-0.05, 0) is 36.8 Å². The minimum atomic E-state index is 0.0914. The topological polar surface area (TPSA) is 61.9 Å². The molecular formula is C14H18ClN3O. The molecule has 0 spiro atoms. The molecule has 1 aromatic rings. The SMILES string of the molecule is N/C(=N/O)c1ccc(CN2CC3CCC2C3)c(Cl)c1. The average Bonchev–Trinajstić information content (AvgIpc) is 3.02. The van der Waals surface area contributed by atoms with Crippen molar-refractivity contribution >= 4 is 17.4 Å². The first kappa shape index (κ1) is 12.8. The van der Waals surface area contributed by atoms with Gasteiger partial charge in [0, 0.05) is 29.7 Å². The van der Waals surface area contributed by atoms with Gasteiger partial charge in [0.05, 0.1) is 0 Å². The molecule has 0 radical (unpaired) electrons. The van der Waals surface area contributed by atoms with Crippen LogP contribution in [0.5, 0.6) is 0 Å². The van der Waals surface area contributed by atoms with Gasteiger partial charge < -0.3 is 10.9 Å². The molecule has 3 N–H and O–H groups in total. The molecule has 1 saturated heterocycles. The number of piperidine rings is 1. The molecular weight excluding hydrogens is 262 g/mol. The van der Waals surface area contributed by atoms with Crippen LogP contribution in [0.3, 0.4) is 0 Å². The van der Waals surface area contributed by atoms with E-state index in [-0.39, 0.29) is 5.84 Å². The molecule has 5 heteroatoms. The van der Waals surface area contributed by atoms with Gasteiger partial charge in [-0.3, -0.25) is 4.90 Å². The summed E-state index contributed by atoms with van der Waals surface area (Å²) in [6.45, 7) is 2.10. The van der Waals surface area contributed by atoms with E-state index in [4.69, 9.17) is 22.5 Å². The van der Waals surface area contributed by atoms with E-state index >= 15 is 0 Å². The highest BCUT2D eigenvalue weighted by atomic mass is 35.5. The summed E-state index contributed by atoms with van der Waals surface area (Å²) in [5.74, 6) is 0.980. The highest BCUT2D eigenvalue weighted by Gasteiger charge is 2.37. The summed E-state index contributed by atoms with van der Waals surface area (Å²) in [5, 5.41) is 12.3. The maximum Gasteiger partial charge on any atom is 0.170 e. The van der Waals surface area contributed by atoms with Gasteiger partial charge in [-0.2, -0.15) is 0 Å². The van der Waals surface area contributed by atoms with E-state index in [9.17, 15) is 0 Å². The number of halogens is 1. The molecule has 19 heavy (non-hydrogen) atoms. The van der Waals surface area contributed by atoms with E-state index in [0.29, 0.717) is 10.6 Å². The zero-order valence-corrected chi connectivity index (χ0v) is 11.5. The first-order valence-corrected chi connectivity index (χ1v) is 7.05. The number of fused-ring (bicyclic) bond motifs is 2. The fourth-order valence-electron chi connectivity index (χ4n) is 3.33. The van der Waals surface area contributed by atoms with Gasteiger partial charge in [0.1, 0.15) is 0 Å². The van der Waals surface area contributed by atoms with E-state index in [1.54, 1.807) is 6.07 Å². The smallest absolute Gasteiger partial charge is 0.170 e. The van der Waals surface area contributed by atoms with Crippen molar-refractivity contribution in [3.63, 3.8) is 0 Å². The molecule has 2 atom stereocenters. The summed E-state index contributed by atoms with van der Waals surface area (Å²) in [6.07, 6.45) is 4.06. The van der Waals surface area contributed by atoms with Gasteiger partial charge in [0.2, 0.25) is 0 Å². The van der Waals surface area contributed by atoms with Crippen molar-refractivity contribution < 1.29 is 5.21 Å². The van der Waals surface area contributed by atoms with E-state index in [1.807, 2.05) is 12.1 Å². The fraction of sp³-hybridized carbons (Fsp3) is 0.500. The van der Waals surface area contributed by atoms with Crippen molar-refractivity contribution in [1.82, 2.24) is 4.90 Å². The predicted octanol–water partition coefficient (Wildman–Crippen LogP) is 2.42. The minimum Gasteiger partial charge on any atom is -0.409 e. The lowest BCUT2D eigenvalue weighted by atomic mass is 10.1. The molecule has 1 saturated carbocycles. The molecule has 1 aliphatic carbocycles. The molecule has 0 aromatic heterocycles. The fourth-order valence-corrected chi connectivity index (χ4v) is 3.57. The molecule has 2 fully saturated rings. The molecule has 1 heterocycles. The van der Waals surface area contributed by atoms with Crippen LogP contribution < -0.4 is 5.73 Å². The molecule has 2 bridgehead atoms. The number of nitrogens with two attached hydrogens (primary N) is 1. The highest BCUT2D eigenvalue weighted by Crippen LogP contribution is 2.38. The second kappa shape index (κ2) is 5.02. The summed E-state index contributed by atoms with van der Waals surface area (Å²) in [5.41, 5.74) is 7.32. The molecule has 1 aromatic carbocycles. The Kier molecular flexibility index (Phi) is 3.37. The Morgan fingerprint density at radius 1 is 1.47 bits per heavy atom. The Morgan fingerprint density at radius 2 is 2.32 bits per heavy atom. The molecule has 3 rings (SSSR count). The summed E-state index contributed by atoms with van der Waals surface area (Å²) < 4.78 is 0. The summed E-state index contributed by atoms with van der Waals surface area (Å²) in [4.78, 5) is 2.53. The first-order valence-electron chi connectivity index (χ1n) is 6.67. The third-order valence-electron chi connectivity index (χ3n) is 4.35. The number of nitrogens with zero attached hydrogens (tertiary/aromatic N) is 2. The summed E-state index contributed by atoms with van der Waals surface area (Å²) in [7, 11) is 0. The van der Waals surface area contributed by atoms with Crippen LogP contribution in [0.2, 0.25) is 5.02 Å². The third kappa shape index (κ3) is 2.42. The summed E-state index contributed by atoms with van der Waals surface area (Å²) >= 11 is 6.29. The second-order valence-electron chi connectivity index (χ2n) is 5.55. The molecule has 1 aliphatic heterocycles. The number of amidine groups is 1. The number of hydrogen-bond donors (Lipinski definition) is 2. The lowest BCUT2D eigenvalue weighted by Gasteiger charge is -2.27. The van der Waals surface area contributed by atoms with Gasteiger partial charge in [0.15, 0.2) is 5.84 Å². The van der Waals surface area contributed by atoms with Crippen LogP contribution in [-0.4, -0.2) is 28.5 Å². The van der Waals surface area contributed by atoms with E-state index in [0.717, 1.165) is 24.1 Å². The third-order valence-corrected chi connectivity index (χ3v) is 4.70. The number of rotatable bonds is 3. The van der Waals surface area contributed by atoms with Crippen LogP contribution in [0.1, 0.15) is 30.4 Å². The van der Waals surface area contributed by atoms with Crippen LogP contribution in [0, 0.1) is 5.92 Å². The molecule has 0 amide bonds. The largest absolute Gasteiger partial charge is 0.409 e. The first-order chi connectivity index (χ1) is 9.17. The molecule has 102 valence electrons. The van der Waals surface area contributed by atoms with Gasteiger partial charge in [-0.25, -0.2) is 0 Å². The Hall–Kier alpha value is -1.26. The standard InChI is InChI=1S/C14H18ClN3O/c15-13-6-10(14(16)17-19)2-3-11(13)8-18-7-9-1-4-12(18)5-9/h2-3,6,9,12,19H,1,4-5,7-8H2,(H2,16,17). The zero-order valence-electron chi connectivity index (χ0n) is 10.7. The highest BCUT2D eigenvalue weighted by molar-refractivity contribution is 6.31. The number of hydrogen-bond acceptors (Lipinski definition) is 3. The lowest BCUT2D eigenvalue weighted by molar-refractivity contribution is 0.205. The summed E-state index contributed by atoms with van der Waals surface area (Å²) in [6, 6.07) is 6.33. The lowest BCUT2D eigenvalue weighted by Crippen LogP contribution is -2.31. The van der Waals surface area contributed by atoms with Crippen molar-refractivity contribution in [2.24, 2.45) is 16.8 Å². The van der Waals surface area contributed by atoms with Crippen LogP contribution in [-0.2, 0) is 6.54 Å².